The van der Waals surface area contributed by atoms with E-state index in [1.165, 1.54) is 0 Å². The largest absolute Gasteiger partial charge is 0.399 e. The number of carbonyl (C=O) groups excluding carboxylic acids is 2. The molecule has 0 aliphatic heterocycles. The molecule has 0 aromatic heterocycles. The maximum Gasteiger partial charge on any atom is 0.241 e. The molecule has 104 valence electrons. The summed E-state index contributed by atoms with van der Waals surface area (Å²) >= 11 is 0. The molecule has 2 amide bonds. The lowest BCUT2D eigenvalue weighted by atomic mass is 10.1. The average Bonchev–Trinajstić information content (AvgIpc) is 2.42. The maximum absolute atomic E-state index is 11.6. The molecule has 1 rings (SSSR count). The number of aryl methyl sites for hydroxylation is 1. The summed E-state index contributed by atoms with van der Waals surface area (Å²) in [6.07, 6.45) is 0.910. The predicted octanol–water partition coefficient (Wildman–Crippen LogP) is 0.796. The zero-order valence-electron chi connectivity index (χ0n) is 11.5. The van der Waals surface area contributed by atoms with Crippen LogP contribution in [0.1, 0.15) is 18.9 Å². The Morgan fingerprint density at radius 3 is 2.63 bits per heavy atom. The van der Waals surface area contributed by atoms with E-state index in [1.807, 2.05) is 31.2 Å². The summed E-state index contributed by atoms with van der Waals surface area (Å²) < 4.78 is 0. The normalized spacial score (nSPS) is 10.0. The van der Waals surface area contributed by atoms with Crippen molar-refractivity contribution >= 4 is 17.5 Å². The van der Waals surface area contributed by atoms with Gasteiger partial charge in [-0.25, -0.2) is 0 Å². The third kappa shape index (κ3) is 4.99. The van der Waals surface area contributed by atoms with Gasteiger partial charge >= 0.3 is 0 Å². The first kappa shape index (κ1) is 15.0. The number of nitrogens with two attached hydrogens (primary N) is 1. The van der Waals surface area contributed by atoms with Gasteiger partial charge in [0.05, 0.1) is 6.54 Å². The molecular formula is C14H21N3O2. The SMILES string of the molecule is CCN(C)C(=O)CNC(=O)CCc1ccccc1N. The number of carbonyl (C=O) groups is 2. The number of likely N-dealkylation sites (N-methyl/N-ethyl adjacent to an activating group) is 1. The molecule has 0 saturated carbocycles. The summed E-state index contributed by atoms with van der Waals surface area (Å²) in [4.78, 5) is 24.7. The first-order valence-corrected chi connectivity index (χ1v) is 6.38. The Labute approximate surface area is 113 Å². The molecule has 1 aromatic carbocycles. The number of hydrogen-bond acceptors (Lipinski definition) is 3. The third-order valence-corrected chi connectivity index (χ3v) is 3.01. The summed E-state index contributed by atoms with van der Waals surface area (Å²) in [5.41, 5.74) is 7.44. The second kappa shape index (κ2) is 7.41. The van der Waals surface area contributed by atoms with Crippen LogP contribution in [-0.2, 0) is 16.0 Å². The molecule has 3 N–H and O–H groups in total. The fraction of sp³-hybridized carbons (Fsp3) is 0.429. The van der Waals surface area contributed by atoms with E-state index in [-0.39, 0.29) is 18.4 Å². The number of anilines is 1. The van der Waals surface area contributed by atoms with Gasteiger partial charge in [-0.15, -0.1) is 0 Å². The Balaban J connectivity index is 2.33. The zero-order valence-corrected chi connectivity index (χ0v) is 11.5. The first-order valence-electron chi connectivity index (χ1n) is 6.38. The van der Waals surface area contributed by atoms with E-state index < -0.39 is 0 Å². The molecule has 0 aliphatic rings. The van der Waals surface area contributed by atoms with Crippen LogP contribution in [0.2, 0.25) is 0 Å². The average molecular weight is 263 g/mol. The molecule has 0 saturated heterocycles. The lowest BCUT2D eigenvalue weighted by Crippen LogP contribution is -2.38. The quantitative estimate of drug-likeness (QED) is 0.745. The number of nitrogens with zero attached hydrogens (tertiary/aromatic N) is 1. The number of para-hydroxylation sites is 1. The number of hydrogen-bond donors (Lipinski definition) is 2. The highest BCUT2D eigenvalue weighted by Crippen LogP contribution is 2.12. The van der Waals surface area contributed by atoms with Crippen LogP contribution in [0, 0.1) is 0 Å². The van der Waals surface area contributed by atoms with Crippen molar-refractivity contribution in [2.45, 2.75) is 19.8 Å². The van der Waals surface area contributed by atoms with Gasteiger partial charge in [0.1, 0.15) is 0 Å². The van der Waals surface area contributed by atoms with Crippen molar-refractivity contribution in [2.24, 2.45) is 0 Å². The Bertz CT molecular complexity index is 446. The minimum Gasteiger partial charge on any atom is -0.399 e. The molecule has 0 spiro atoms. The summed E-state index contributed by atoms with van der Waals surface area (Å²) in [7, 11) is 1.71. The molecule has 0 unspecified atom stereocenters. The molecular weight excluding hydrogens is 242 g/mol. The van der Waals surface area contributed by atoms with Crippen LogP contribution in [0.3, 0.4) is 0 Å². The number of nitrogen functional groups attached to an aromatic ring is 1. The Kier molecular flexibility index (Phi) is 5.85. The number of rotatable bonds is 6. The van der Waals surface area contributed by atoms with Crippen molar-refractivity contribution in [2.75, 3.05) is 25.9 Å². The van der Waals surface area contributed by atoms with Crippen molar-refractivity contribution in [3.05, 3.63) is 29.8 Å². The Hall–Kier alpha value is -2.04. The monoisotopic (exact) mass is 263 g/mol. The molecule has 0 atom stereocenters. The second-order valence-corrected chi connectivity index (χ2v) is 4.38. The van der Waals surface area contributed by atoms with Crippen LogP contribution in [0.4, 0.5) is 5.69 Å². The van der Waals surface area contributed by atoms with Gasteiger partial charge in [-0.05, 0) is 25.0 Å². The standard InChI is InChI=1S/C14H21N3O2/c1-3-17(2)14(19)10-16-13(18)9-8-11-6-4-5-7-12(11)15/h4-7H,3,8-10,15H2,1-2H3,(H,16,18). The smallest absolute Gasteiger partial charge is 0.241 e. The fourth-order valence-electron chi connectivity index (χ4n) is 1.58. The van der Waals surface area contributed by atoms with Crippen LogP contribution in [-0.4, -0.2) is 36.9 Å². The van der Waals surface area contributed by atoms with Crippen LogP contribution < -0.4 is 11.1 Å². The molecule has 19 heavy (non-hydrogen) atoms. The van der Waals surface area contributed by atoms with Gasteiger partial charge in [-0.3, -0.25) is 9.59 Å². The molecule has 0 aliphatic carbocycles. The minimum atomic E-state index is -0.138. The van der Waals surface area contributed by atoms with Gasteiger partial charge in [0.15, 0.2) is 0 Å². The van der Waals surface area contributed by atoms with E-state index in [4.69, 9.17) is 5.73 Å². The minimum absolute atomic E-state index is 0.0491. The Morgan fingerprint density at radius 1 is 1.32 bits per heavy atom. The van der Waals surface area contributed by atoms with Crippen molar-refractivity contribution in [1.29, 1.82) is 0 Å². The van der Waals surface area contributed by atoms with Gasteiger partial charge in [0.2, 0.25) is 11.8 Å². The van der Waals surface area contributed by atoms with Crippen LogP contribution in [0.15, 0.2) is 24.3 Å². The van der Waals surface area contributed by atoms with Crippen LogP contribution >= 0.6 is 0 Å². The lowest BCUT2D eigenvalue weighted by molar-refractivity contribution is -0.131. The Morgan fingerprint density at radius 2 is 2.00 bits per heavy atom. The van der Waals surface area contributed by atoms with E-state index in [0.29, 0.717) is 25.1 Å². The van der Waals surface area contributed by atoms with Gasteiger partial charge in [-0.2, -0.15) is 0 Å². The highest BCUT2D eigenvalue weighted by molar-refractivity contribution is 5.84. The third-order valence-electron chi connectivity index (χ3n) is 3.01. The van der Waals surface area contributed by atoms with Crippen molar-refractivity contribution < 1.29 is 9.59 Å². The van der Waals surface area contributed by atoms with Gasteiger partial charge in [0.25, 0.3) is 0 Å². The maximum atomic E-state index is 11.6. The molecule has 5 nitrogen and oxygen atoms in total. The van der Waals surface area contributed by atoms with E-state index in [1.54, 1.807) is 11.9 Å². The van der Waals surface area contributed by atoms with Gasteiger partial charge < -0.3 is 16.0 Å². The zero-order chi connectivity index (χ0) is 14.3. The summed E-state index contributed by atoms with van der Waals surface area (Å²) in [6.45, 7) is 2.57. The fourth-order valence-corrected chi connectivity index (χ4v) is 1.58. The van der Waals surface area contributed by atoms with Gasteiger partial charge in [0, 0.05) is 25.7 Å². The topological polar surface area (TPSA) is 75.4 Å². The van der Waals surface area contributed by atoms with E-state index in [9.17, 15) is 9.59 Å². The van der Waals surface area contributed by atoms with Crippen LogP contribution in [0.25, 0.3) is 0 Å². The van der Waals surface area contributed by atoms with E-state index >= 15 is 0 Å². The lowest BCUT2D eigenvalue weighted by Gasteiger charge is -2.14. The molecule has 0 heterocycles. The van der Waals surface area contributed by atoms with Crippen molar-refractivity contribution in [3.63, 3.8) is 0 Å². The van der Waals surface area contributed by atoms with E-state index in [2.05, 4.69) is 5.32 Å². The summed E-state index contributed by atoms with van der Waals surface area (Å²) in [6, 6.07) is 7.47. The predicted molar refractivity (Wildman–Crippen MR) is 75.5 cm³/mol. The summed E-state index contributed by atoms with van der Waals surface area (Å²) in [5, 5.41) is 2.62. The number of amides is 2. The number of benzene rings is 1. The van der Waals surface area contributed by atoms with E-state index in [0.717, 1.165) is 5.56 Å². The highest BCUT2D eigenvalue weighted by atomic mass is 16.2. The molecule has 1 aromatic rings. The highest BCUT2D eigenvalue weighted by Gasteiger charge is 2.09. The van der Waals surface area contributed by atoms with Gasteiger partial charge in [-0.1, -0.05) is 18.2 Å². The van der Waals surface area contributed by atoms with Crippen molar-refractivity contribution in [3.8, 4) is 0 Å². The second-order valence-electron chi connectivity index (χ2n) is 4.38. The molecule has 0 radical (unpaired) electrons. The molecule has 0 bridgehead atoms. The molecule has 0 fully saturated rings. The summed E-state index contributed by atoms with van der Waals surface area (Å²) in [5.74, 6) is -0.226. The number of nitrogens with one attached hydrogen (secondary N) is 1. The first-order chi connectivity index (χ1) is 9.04. The molecule has 5 heteroatoms. The van der Waals surface area contributed by atoms with Crippen LogP contribution in [0.5, 0.6) is 0 Å². The van der Waals surface area contributed by atoms with Crippen molar-refractivity contribution in [1.82, 2.24) is 10.2 Å².